The molecule has 4 heteroatoms. The Balaban J connectivity index is 1.97. The van der Waals surface area contributed by atoms with Crippen molar-refractivity contribution in [1.29, 1.82) is 0 Å². The quantitative estimate of drug-likeness (QED) is 0.748. The van der Waals surface area contributed by atoms with Crippen LogP contribution in [-0.2, 0) is 6.61 Å². The maximum absolute atomic E-state index is 11.4. The van der Waals surface area contributed by atoms with E-state index in [9.17, 15) is 9.90 Å². The van der Waals surface area contributed by atoms with Gasteiger partial charge in [0.05, 0.1) is 0 Å². The fraction of sp³-hybridized carbons (Fsp3) is 0.118. The van der Waals surface area contributed by atoms with Gasteiger partial charge in [-0.3, -0.25) is 0 Å². The molecule has 21 heavy (non-hydrogen) atoms. The van der Waals surface area contributed by atoms with Gasteiger partial charge < -0.3 is 14.3 Å². The Hall–Kier alpha value is -2.75. The fourth-order valence-corrected chi connectivity index (χ4v) is 2.20. The van der Waals surface area contributed by atoms with Gasteiger partial charge in [-0.1, -0.05) is 30.3 Å². The lowest BCUT2D eigenvalue weighted by atomic mass is 10.1. The fourth-order valence-electron chi connectivity index (χ4n) is 2.20. The summed E-state index contributed by atoms with van der Waals surface area (Å²) in [5, 5.41) is 10.9. The van der Waals surface area contributed by atoms with Crippen molar-refractivity contribution in [2.45, 2.75) is 13.5 Å². The summed E-state index contributed by atoms with van der Waals surface area (Å²) in [6.45, 7) is 2.12. The monoisotopic (exact) mass is 282 g/mol. The zero-order chi connectivity index (χ0) is 14.8. The minimum atomic E-state index is -0.490. The van der Waals surface area contributed by atoms with Crippen LogP contribution in [0.3, 0.4) is 0 Å². The van der Waals surface area contributed by atoms with E-state index < -0.39 is 5.63 Å². The van der Waals surface area contributed by atoms with Crippen LogP contribution in [0.15, 0.2) is 57.7 Å². The minimum absolute atomic E-state index is 0.149. The summed E-state index contributed by atoms with van der Waals surface area (Å²) in [4.78, 5) is 11.4. The lowest BCUT2D eigenvalue weighted by Crippen LogP contribution is -1.99. The summed E-state index contributed by atoms with van der Waals surface area (Å²) < 4.78 is 10.7. The Labute approximate surface area is 121 Å². The molecule has 0 aliphatic rings. The van der Waals surface area contributed by atoms with Crippen LogP contribution in [0, 0.1) is 6.92 Å². The average Bonchev–Trinajstić information content (AvgIpc) is 2.48. The molecule has 0 amide bonds. The molecule has 0 saturated heterocycles. The van der Waals surface area contributed by atoms with Gasteiger partial charge in [0.25, 0.3) is 0 Å². The Bertz CT molecular complexity index is 835. The topological polar surface area (TPSA) is 59.7 Å². The molecule has 4 nitrogen and oxygen atoms in total. The van der Waals surface area contributed by atoms with Gasteiger partial charge in [-0.15, -0.1) is 0 Å². The van der Waals surface area contributed by atoms with Crippen molar-refractivity contribution < 1.29 is 14.3 Å². The van der Waals surface area contributed by atoms with E-state index >= 15 is 0 Å². The first-order chi connectivity index (χ1) is 10.1. The largest absolute Gasteiger partial charge is 0.502 e. The van der Waals surface area contributed by atoms with Crippen LogP contribution in [0.2, 0.25) is 0 Å². The lowest BCUT2D eigenvalue weighted by molar-refractivity contribution is 0.288. The van der Waals surface area contributed by atoms with Crippen molar-refractivity contribution >= 4 is 11.0 Å². The number of aryl methyl sites for hydroxylation is 1. The van der Waals surface area contributed by atoms with Crippen molar-refractivity contribution in [3.8, 4) is 11.5 Å². The second-order valence-electron chi connectivity index (χ2n) is 4.81. The van der Waals surface area contributed by atoms with Gasteiger partial charge in [-0.25, -0.2) is 4.79 Å². The first-order valence-electron chi connectivity index (χ1n) is 6.58. The Kier molecular flexibility index (Phi) is 3.36. The number of hydrogen-bond acceptors (Lipinski definition) is 4. The number of aromatic hydroxyl groups is 1. The van der Waals surface area contributed by atoms with Crippen molar-refractivity contribution in [3.63, 3.8) is 0 Å². The molecule has 0 saturated carbocycles. The van der Waals surface area contributed by atoms with E-state index in [0.717, 1.165) is 11.1 Å². The summed E-state index contributed by atoms with van der Waals surface area (Å²) in [6, 6.07) is 14.5. The summed E-state index contributed by atoms with van der Waals surface area (Å²) in [5.41, 5.74) is 1.41. The Morgan fingerprint density at radius 3 is 2.67 bits per heavy atom. The van der Waals surface area contributed by atoms with Gasteiger partial charge in [0, 0.05) is 11.5 Å². The molecule has 1 N–H and O–H groups in total. The van der Waals surface area contributed by atoms with E-state index in [2.05, 4.69) is 0 Å². The molecule has 3 aromatic rings. The van der Waals surface area contributed by atoms with Crippen molar-refractivity contribution in [1.82, 2.24) is 0 Å². The molecule has 0 aliphatic heterocycles. The third-order valence-corrected chi connectivity index (χ3v) is 3.29. The first-order valence-corrected chi connectivity index (χ1v) is 6.58. The molecule has 0 spiro atoms. The average molecular weight is 282 g/mol. The van der Waals surface area contributed by atoms with E-state index in [4.69, 9.17) is 9.15 Å². The summed E-state index contributed by atoms with van der Waals surface area (Å²) in [5.74, 6) is 0.143. The SMILES string of the molecule is Cc1cc(=O)oc2c(O)c(OCc3ccccc3)ccc12. The van der Waals surface area contributed by atoms with Crippen molar-refractivity contribution in [3.05, 3.63) is 70.1 Å². The van der Waals surface area contributed by atoms with Gasteiger partial charge in [0.1, 0.15) is 6.61 Å². The minimum Gasteiger partial charge on any atom is -0.502 e. The highest BCUT2D eigenvalue weighted by atomic mass is 16.5. The molecule has 0 bridgehead atoms. The summed E-state index contributed by atoms with van der Waals surface area (Å²) in [6.07, 6.45) is 0. The van der Waals surface area contributed by atoms with Crippen LogP contribution in [0.5, 0.6) is 11.5 Å². The Morgan fingerprint density at radius 2 is 1.90 bits per heavy atom. The molecule has 0 fully saturated rings. The van der Waals surface area contributed by atoms with Crippen LogP contribution < -0.4 is 10.4 Å². The standard InChI is InChI=1S/C17H14O4/c1-11-9-15(18)21-17-13(11)7-8-14(16(17)19)20-10-12-5-3-2-4-6-12/h2-9,19H,10H2,1H3. The van der Waals surface area contributed by atoms with Crippen molar-refractivity contribution in [2.75, 3.05) is 0 Å². The van der Waals surface area contributed by atoms with E-state index in [-0.39, 0.29) is 11.3 Å². The van der Waals surface area contributed by atoms with E-state index in [1.807, 2.05) is 30.3 Å². The van der Waals surface area contributed by atoms with Crippen LogP contribution >= 0.6 is 0 Å². The highest BCUT2D eigenvalue weighted by molar-refractivity contribution is 5.87. The maximum atomic E-state index is 11.4. The normalized spacial score (nSPS) is 10.7. The maximum Gasteiger partial charge on any atom is 0.336 e. The van der Waals surface area contributed by atoms with Crippen LogP contribution in [0.4, 0.5) is 0 Å². The van der Waals surface area contributed by atoms with Gasteiger partial charge in [-0.2, -0.15) is 0 Å². The van der Waals surface area contributed by atoms with E-state index in [1.165, 1.54) is 6.07 Å². The number of phenols is 1. The van der Waals surface area contributed by atoms with Crippen LogP contribution in [0.1, 0.15) is 11.1 Å². The molecule has 0 unspecified atom stereocenters. The third-order valence-electron chi connectivity index (χ3n) is 3.29. The molecule has 0 aliphatic carbocycles. The van der Waals surface area contributed by atoms with Crippen LogP contribution in [-0.4, -0.2) is 5.11 Å². The Morgan fingerprint density at radius 1 is 1.14 bits per heavy atom. The third kappa shape index (κ3) is 2.60. The number of phenolic OH excluding ortho intramolecular Hbond substituents is 1. The van der Waals surface area contributed by atoms with Gasteiger partial charge in [0.2, 0.25) is 5.75 Å². The molecule has 0 atom stereocenters. The highest BCUT2D eigenvalue weighted by Gasteiger charge is 2.12. The lowest BCUT2D eigenvalue weighted by Gasteiger charge is -2.10. The second kappa shape index (κ2) is 5.32. The highest BCUT2D eigenvalue weighted by Crippen LogP contribution is 2.35. The zero-order valence-electron chi connectivity index (χ0n) is 11.5. The molecular weight excluding hydrogens is 268 g/mol. The first kappa shape index (κ1) is 13.2. The number of ether oxygens (including phenoxy) is 1. The summed E-state index contributed by atoms with van der Waals surface area (Å²) in [7, 11) is 0. The molecule has 1 heterocycles. The molecule has 3 rings (SSSR count). The number of rotatable bonds is 3. The van der Waals surface area contributed by atoms with E-state index in [0.29, 0.717) is 17.7 Å². The predicted molar refractivity (Wildman–Crippen MR) is 79.7 cm³/mol. The number of fused-ring (bicyclic) bond motifs is 1. The number of hydrogen-bond donors (Lipinski definition) is 1. The van der Waals surface area contributed by atoms with Gasteiger partial charge in [0.15, 0.2) is 11.3 Å². The molecule has 106 valence electrons. The smallest absolute Gasteiger partial charge is 0.336 e. The number of benzene rings is 2. The summed E-state index contributed by atoms with van der Waals surface area (Å²) >= 11 is 0. The van der Waals surface area contributed by atoms with Gasteiger partial charge >= 0.3 is 5.63 Å². The molecular formula is C17H14O4. The van der Waals surface area contributed by atoms with Crippen LogP contribution in [0.25, 0.3) is 11.0 Å². The van der Waals surface area contributed by atoms with E-state index in [1.54, 1.807) is 19.1 Å². The predicted octanol–water partition coefficient (Wildman–Crippen LogP) is 3.39. The molecule has 1 aromatic heterocycles. The van der Waals surface area contributed by atoms with Gasteiger partial charge in [-0.05, 0) is 30.2 Å². The molecule has 2 aromatic carbocycles. The van der Waals surface area contributed by atoms with Crippen molar-refractivity contribution in [2.24, 2.45) is 0 Å². The molecule has 0 radical (unpaired) electrons. The zero-order valence-corrected chi connectivity index (χ0v) is 11.5. The second-order valence-corrected chi connectivity index (χ2v) is 4.81.